The van der Waals surface area contributed by atoms with E-state index < -0.39 is 17.9 Å². The van der Waals surface area contributed by atoms with Gasteiger partial charge in [-0.25, -0.2) is 4.79 Å². The average Bonchev–Trinajstić information content (AvgIpc) is 2.96. The predicted molar refractivity (Wildman–Crippen MR) is 81.0 cm³/mol. The third kappa shape index (κ3) is 3.89. The number of carbonyl (C=O) groups excluding carboxylic acids is 3. The number of thiophene rings is 1. The summed E-state index contributed by atoms with van der Waals surface area (Å²) in [4.78, 5) is 39.2. The standard InChI is InChI=1S/C14H13N3O4S/c1-2-21-14(20)17-11(18)9-6-8-22-13(9)16-12(19)10-5-3-4-7-15-10/h3-8H,2H2,1H3,(H,16,19)(H,17,18,20). The second kappa shape index (κ2) is 7.32. The minimum Gasteiger partial charge on any atom is -0.450 e. The highest BCUT2D eigenvalue weighted by atomic mass is 32.1. The maximum atomic E-state index is 12.0. The highest BCUT2D eigenvalue weighted by Crippen LogP contribution is 2.23. The van der Waals surface area contributed by atoms with Gasteiger partial charge in [-0.1, -0.05) is 6.07 Å². The fourth-order valence-electron chi connectivity index (χ4n) is 1.58. The fraction of sp³-hybridized carbons (Fsp3) is 0.143. The number of aromatic nitrogens is 1. The number of imide groups is 1. The van der Waals surface area contributed by atoms with E-state index in [-0.39, 0.29) is 17.9 Å². The largest absolute Gasteiger partial charge is 0.450 e. The number of nitrogens with one attached hydrogen (secondary N) is 2. The van der Waals surface area contributed by atoms with Crippen LogP contribution in [-0.2, 0) is 4.74 Å². The molecule has 2 aromatic rings. The van der Waals surface area contributed by atoms with Crippen molar-refractivity contribution in [3.63, 3.8) is 0 Å². The summed E-state index contributed by atoms with van der Waals surface area (Å²) in [5.41, 5.74) is 0.412. The monoisotopic (exact) mass is 319 g/mol. The van der Waals surface area contributed by atoms with Gasteiger partial charge in [0.2, 0.25) is 0 Å². The lowest BCUT2D eigenvalue weighted by atomic mass is 10.3. The SMILES string of the molecule is CCOC(=O)NC(=O)c1ccsc1NC(=O)c1ccccn1. The smallest absolute Gasteiger partial charge is 0.414 e. The van der Waals surface area contributed by atoms with E-state index in [1.807, 2.05) is 0 Å². The molecule has 0 atom stereocenters. The van der Waals surface area contributed by atoms with Crippen LogP contribution in [0.4, 0.5) is 9.80 Å². The molecule has 0 saturated carbocycles. The van der Waals surface area contributed by atoms with Gasteiger partial charge in [-0.05, 0) is 30.5 Å². The zero-order valence-electron chi connectivity index (χ0n) is 11.7. The Labute approximate surface area is 130 Å². The third-order valence-electron chi connectivity index (χ3n) is 2.53. The first-order valence-electron chi connectivity index (χ1n) is 6.39. The van der Waals surface area contributed by atoms with Gasteiger partial charge in [0.05, 0.1) is 12.2 Å². The summed E-state index contributed by atoms with van der Waals surface area (Å²) in [6.45, 7) is 1.79. The molecular weight excluding hydrogens is 306 g/mol. The lowest BCUT2D eigenvalue weighted by molar-refractivity contribution is 0.0926. The molecule has 0 radical (unpaired) electrons. The summed E-state index contributed by atoms with van der Waals surface area (Å²) < 4.78 is 4.64. The Balaban J connectivity index is 2.08. The minimum absolute atomic E-state index is 0.159. The summed E-state index contributed by atoms with van der Waals surface area (Å²) in [7, 11) is 0. The van der Waals surface area contributed by atoms with Crippen LogP contribution in [0.5, 0.6) is 0 Å². The summed E-state index contributed by atoms with van der Waals surface area (Å²) in [5.74, 6) is -1.08. The fourth-order valence-corrected chi connectivity index (χ4v) is 2.36. The molecule has 8 heteroatoms. The second-order valence-electron chi connectivity index (χ2n) is 4.01. The van der Waals surface area contributed by atoms with Gasteiger partial charge in [-0.15, -0.1) is 11.3 Å². The van der Waals surface area contributed by atoms with Crippen LogP contribution < -0.4 is 10.6 Å². The second-order valence-corrected chi connectivity index (χ2v) is 4.92. The zero-order valence-corrected chi connectivity index (χ0v) is 12.5. The molecule has 0 spiro atoms. The van der Waals surface area contributed by atoms with Crippen LogP contribution in [-0.4, -0.2) is 29.5 Å². The van der Waals surface area contributed by atoms with Crippen molar-refractivity contribution in [3.8, 4) is 0 Å². The Morgan fingerprint density at radius 3 is 2.73 bits per heavy atom. The lowest BCUT2D eigenvalue weighted by Gasteiger charge is -2.06. The molecule has 0 saturated heterocycles. The summed E-state index contributed by atoms with van der Waals surface area (Å²) in [6, 6.07) is 6.44. The van der Waals surface area contributed by atoms with E-state index in [4.69, 9.17) is 0 Å². The minimum atomic E-state index is -0.833. The van der Waals surface area contributed by atoms with Gasteiger partial charge >= 0.3 is 6.09 Å². The number of nitrogens with zero attached hydrogens (tertiary/aromatic N) is 1. The number of ether oxygens (including phenoxy) is 1. The Bertz CT molecular complexity index is 684. The Morgan fingerprint density at radius 1 is 1.23 bits per heavy atom. The van der Waals surface area contributed by atoms with E-state index in [0.29, 0.717) is 5.00 Å². The normalized spacial score (nSPS) is 9.86. The van der Waals surface area contributed by atoms with Gasteiger partial charge in [0.25, 0.3) is 11.8 Å². The van der Waals surface area contributed by atoms with Gasteiger partial charge < -0.3 is 10.1 Å². The van der Waals surface area contributed by atoms with Crippen LogP contribution in [0, 0.1) is 0 Å². The molecule has 2 heterocycles. The highest BCUT2D eigenvalue weighted by molar-refractivity contribution is 7.14. The van der Waals surface area contributed by atoms with E-state index in [1.165, 1.54) is 23.6 Å². The molecule has 0 unspecified atom stereocenters. The average molecular weight is 319 g/mol. The molecule has 2 aromatic heterocycles. The summed E-state index contributed by atoms with van der Waals surface area (Å²) in [5, 5.41) is 6.64. The molecule has 2 rings (SSSR count). The summed E-state index contributed by atoms with van der Waals surface area (Å²) >= 11 is 1.17. The molecule has 0 fully saturated rings. The first-order chi connectivity index (χ1) is 10.6. The van der Waals surface area contributed by atoms with E-state index in [2.05, 4.69) is 20.4 Å². The lowest BCUT2D eigenvalue weighted by Crippen LogP contribution is -2.31. The van der Waals surface area contributed by atoms with Crippen LogP contribution in [0.15, 0.2) is 35.8 Å². The van der Waals surface area contributed by atoms with Crippen molar-refractivity contribution in [1.29, 1.82) is 0 Å². The molecule has 0 aliphatic heterocycles. The van der Waals surface area contributed by atoms with Gasteiger partial charge in [-0.3, -0.25) is 19.9 Å². The third-order valence-corrected chi connectivity index (χ3v) is 3.36. The molecule has 114 valence electrons. The number of amides is 3. The van der Waals surface area contributed by atoms with Crippen LogP contribution in [0.2, 0.25) is 0 Å². The molecule has 22 heavy (non-hydrogen) atoms. The van der Waals surface area contributed by atoms with Crippen molar-refractivity contribution in [2.24, 2.45) is 0 Å². The number of rotatable bonds is 4. The van der Waals surface area contributed by atoms with E-state index in [9.17, 15) is 14.4 Å². The first kappa shape index (κ1) is 15.6. The van der Waals surface area contributed by atoms with Gasteiger partial charge in [0, 0.05) is 6.20 Å². The highest BCUT2D eigenvalue weighted by Gasteiger charge is 2.18. The molecule has 0 aliphatic carbocycles. The Kier molecular flexibility index (Phi) is 5.21. The molecule has 0 bridgehead atoms. The maximum Gasteiger partial charge on any atom is 0.414 e. The van der Waals surface area contributed by atoms with Crippen LogP contribution in [0.1, 0.15) is 27.8 Å². The molecule has 2 N–H and O–H groups in total. The molecule has 0 aliphatic rings. The topological polar surface area (TPSA) is 97.4 Å². The van der Waals surface area contributed by atoms with E-state index in [1.54, 1.807) is 30.5 Å². The molecular formula is C14H13N3O4S. The molecule has 0 aromatic carbocycles. The predicted octanol–water partition coefficient (Wildman–Crippen LogP) is 2.28. The maximum absolute atomic E-state index is 12.0. The van der Waals surface area contributed by atoms with Crippen molar-refractivity contribution >= 4 is 34.2 Å². The van der Waals surface area contributed by atoms with E-state index in [0.717, 1.165) is 0 Å². The van der Waals surface area contributed by atoms with Gasteiger partial charge in [-0.2, -0.15) is 0 Å². The Hall–Kier alpha value is -2.74. The number of carbonyl (C=O) groups is 3. The van der Waals surface area contributed by atoms with Crippen molar-refractivity contribution < 1.29 is 19.1 Å². The molecule has 3 amide bonds. The Morgan fingerprint density at radius 2 is 2.05 bits per heavy atom. The number of anilines is 1. The first-order valence-corrected chi connectivity index (χ1v) is 7.27. The van der Waals surface area contributed by atoms with Crippen LogP contribution >= 0.6 is 11.3 Å². The summed E-state index contributed by atoms with van der Waals surface area (Å²) in [6.07, 6.45) is 0.665. The quantitative estimate of drug-likeness (QED) is 0.901. The van der Waals surface area contributed by atoms with Crippen molar-refractivity contribution in [1.82, 2.24) is 10.3 Å². The number of hydrogen-bond acceptors (Lipinski definition) is 6. The van der Waals surface area contributed by atoms with E-state index >= 15 is 0 Å². The van der Waals surface area contributed by atoms with Crippen LogP contribution in [0.3, 0.4) is 0 Å². The van der Waals surface area contributed by atoms with Gasteiger partial charge in [0.15, 0.2) is 0 Å². The van der Waals surface area contributed by atoms with Gasteiger partial charge in [0.1, 0.15) is 10.7 Å². The number of alkyl carbamates (subject to hydrolysis) is 1. The van der Waals surface area contributed by atoms with Crippen molar-refractivity contribution in [2.75, 3.05) is 11.9 Å². The molecule has 7 nitrogen and oxygen atoms in total. The van der Waals surface area contributed by atoms with Crippen molar-refractivity contribution in [3.05, 3.63) is 47.1 Å². The number of pyridine rings is 1. The van der Waals surface area contributed by atoms with Crippen molar-refractivity contribution in [2.45, 2.75) is 6.92 Å². The zero-order chi connectivity index (χ0) is 15.9. The van der Waals surface area contributed by atoms with Crippen LogP contribution in [0.25, 0.3) is 0 Å². The number of hydrogen-bond donors (Lipinski definition) is 2.